The van der Waals surface area contributed by atoms with Crippen LogP contribution < -0.4 is 0 Å². The van der Waals surface area contributed by atoms with Crippen molar-refractivity contribution >= 4 is 5.91 Å². The smallest absolute Gasteiger partial charge is 0.247 e. The van der Waals surface area contributed by atoms with Crippen LogP contribution in [0.4, 0.5) is 0 Å². The Morgan fingerprint density at radius 2 is 2.09 bits per heavy atom. The van der Waals surface area contributed by atoms with Gasteiger partial charge < -0.3 is 9.47 Å². The molecule has 0 aromatic carbocycles. The van der Waals surface area contributed by atoms with E-state index in [0.717, 1.165) is 45.0 Å². The van der Waals surface area contributed by atoms with Gasteiger partial charge in [0.1, 0.15) is 11.9 Å². The Morgan fingerprint density at radius 3 is 2.78 bits per heavy atom. The van der Waals surface area contributed by atoms with Crippen LogP contribution in [0.25, 0.3) is 0 Å². The zero-order chi connectivity index (χ0) is 16.2. The minimum atomic E-state index is -0.244. The fraction of sp³-hybridized carbons (Fsp3) is 0.562. The molecule has 7 nitrogen and oxygen atoms in total. The highest BCUT2D eigenvalue weighted by molar-refractivity contribution is 5.80. The largest absolute Gasteiger partial charge is 0.340 e. The van der Waals surface area contributed by atoms with Gasteiger partial charge in [-0.1, -0.05) is 0 Å². The first-order chi connectivity index (χ1) is 11.1. The Kier molecular flexibility index (Phi) is 4.76. The minimum absolute atomic E-state index is 0.146. The predicted octanol–water partition coefficient (Wildman–Crippen LogP) is 0.912. The van der Waals surface area contributed by atoms with Crippen molar-refractivity contribution in [2.75, 3.05) is 26.2 Å². The van der Waals surface area contributed by atoms with Gasteiger partial charge in [-0.25, -0.2) is 4.98 Å². The first-order valence-corrected chi connectivity index (χ1v) is 8.11. The molecule has 1 atom stereocenters. The highest BCUT2D eigenvalue weighted by atomic mass is 16.2. The van der Waals surface area contributed by atoms with Crippen LogP contribution in [0.1, 0.15) is 25.2 Å². The van der Waals surface area contributed by atoms with Gasteiger partial charge in [0, 0.05) is 58.0 Å². The summed E-state index contributed by atoms with van der Waals surface area (Å²) in [7, 11) is 2.02. The molecular weight excluding hydrogens is 292 g/mol. The number of carbonyl (C=O) groups is 1. The van der Waals surface area contributed by atoms with Crippen LogP contribution >= 0.6 is 0 Å². The molecule has 124 valence electrons. The quantitative estimate of drug-likeness (QED) is 0.841. The monoisotopic (exact) mass is 316 g/mol. The van der Waals surface area contributed by atoms with Crippen molar-refractivity contribution in [3.05, 3.63) is 36.7 Å². The van der Waals surface area contributed by atoms with Crippen LogP contribution in [0.15, 0.2) is 30.9 Å². The Labute approximate surface area is 136 Å². The molecule has 0 unspecified atom stereocenters. The summed E-state index contributed by atoms with van der Waals surface area (Å²) in [6.07, 6.45) is 8.33. The maximum atomic E-state index is 12.7. The van der Waals surface area contributed by atoms with Crippen molar-refractivity contribution in [2.24, 2.45) is 7.05 Å². The molecule has 0 spiro atoms. The SMILES string of the molecule is C[C@H](C(=O)N1CCCN(Cc2nccn2C)CC1)n1cccn1. The number of amides is 1. The Morgan fingerprint density at radius 1 is 1.22 bits per heavy atom. The van der Waals surface area contributed by atoms with Gasteiger partial charge in [0.25, 0.3) is 0 Å². The molecule has 0 N–H and O–H groups in total. The molecular formula is C16H24N6O. The van der Waals surface area contributed by atoms with E-state index in [4.69, 9.17) is 0 Å². The summed E-state index contributed by atoms with van der Waals surface area (Å²) in [5.74, 6) is 1.21. The molecule has 0 saturated carbocycles. The van der Waals surface area contributed by atoms with E-state index >= 15 is 0 Å². The molecule has 1 fully saturated rings. The lowest BCUT2D eigenvalue weighted by molar-refractivity contribution is -0.134. The van der Waals surface area contributed by atoms with Crippen LogP contribution in [0.5, 0.6) is 0 Å². The number of rotatable bonds is 4. The Balaban J connectivity index is 1.58. The van der Waals surface area contributed by atoms with Crippen molar-refractivity contribution < 1.29 is 4.79 Å². The van der Waals surface area contributed by atoms with Gasteiger partial charge in [0.05, 0.1) is 6.54 Å². The molecule has 23 heavy (non-hydrogen) atoms. The maximum absolute atomic E-state index is 12.7. The maximum Gasteiger partial charge on any atom is 0.247 e. The first-order valence-electron chi connectivity index (χ1n) is 8.11. The Bertz CT molecular complexity index is 635. The van der Waals surface area contributed by atoms with Crippen molar-refractivity contribution in [1.29, 1.82) is 0 Å². The standard InChI is InChI=1S/C16H24N6O/c1-14(22-9-3-5-18-22)16(23)21-8-4-7-20(11-12-21)13-15-17-6-10-19(15)2/h3,5-6,9-10,14H,4,7-8,11-13H2,1-2H3/t14-/m1/s1. The van der Waals surface area contributed by atoms with E-state index in [0.29, 0.717) is 0 Å². The van der Waals surface area contributed by atoms with E-state index < -0.39 is 0 Å². The number of aryl methyl sites for hydroxylation is 1. The molecule has 1 aliphatic heterocycles. The summed E-state index contributed by atoms with van der Waals surface area (Å²) in [6, 6.07) is 1.60. The number of carbonyl (C=O) groups excluding carboxylic acids is 1. The van der Waals surface area contributed by atoms with E-state index in [1.165, 1.54) is 0 Å². The average molecular weight is 316 g/mol. The number of nitrogens with zero attached hydrogens (tertiary/aromatic N) is 6. The molecule has 1 aliphatic rings. The number of aromatic nitrogens is 4. The second-order valence-corrected chi connectivity index (χ2v) is 6.07. The summed E-state index contributed by atoms with van der Waals surface area (Å²) in [5, 5.41) is 4.18. The molecule has 1 amide bonds. The van der Waals surface area contributed by atoms with Gasteiger partial charge >= 0.3 is 0 Å². The van der Waals surface area contributed by atoms with Gasteiger partial charge in [-0.3, -0.25) is 14.4 Å². The van der Waals surface area contributed by atoms with Crippen LogP contribution in [0, 0.1) is 0 Å². The number of hydrogen-bond donors (Lipinski definition) is 0. The summed E-state index contributed by atoms with van der Waals surface area (Å²) in [6.45, 7) is 6.18. The Hall–Kier alpha value is -2.15. The zero-order valence-electron chi connectivity index (χ0n) is 13.8. The molecule has 0 radical (unpaired) electrons. The van der Waals surface area contributed by atoms with Gasteiger partial charge in [0.2, 0.25) is 5.91 Å². The summed E-state index contributed by atoms with van der Waals surface area (Å²) in [4.78, 5) is 21.4. The van der Waals surface area contributed by atoms with Gasteiger partial charge in [-0.15, -0.1) is 0 Å². The van der Waals surface area contributed by atoms with Gasteiger partial charge in [-0.05, 0) is 19.4 Å². The normalized spacial score (nSPS) is 17.9. The molecule has 0 aliphatic carbocycles. The van der Waals surface area contributed by atoms with E-state index in [1.807, 2.05) is 48.1 Å². The number of imidazole rings is 1. The van der Waals surface area contributed by atoms with Crippen molar-refractivity contribution in [1.82, 2.24) is 29.1 Å². The van der Waals surface area contributed by atoms with E-state index in [2.05, 4.69) is 15.0 Å². The first kappa shape index (κ1) is 15.7. The molecule has 3 rings (SSSR count). The third kappa shape index (κ3) is 3.61. The fourth-order valence-corrected chi connectivity index (χ4v) is 2.99. The lowest BCUT2D eigenvalue weighted by atomic mass is 10.2. The average Bonchev–Trinajstić information content (AvgIpc) is 3.15. The third-order valence-electron chi connectivity index (χ3n) is 4.47. The summed E-state index contributed by atoms with van der Waals surface area (Å²) >= 11 is 0. The van der Waals surface area contributed by atoms with E-state index in [-0.39, 0.29) is 11.9 Å². The molecule has 2 aromatic rings. The van der Waals surface area contributed by atoms with Crippen LogP contribution in [-0.2, 0) is 18.4 Å². The van der Waals surface area contributed by atoms with E-state index in [1.54, 1.807) is 10.9 Å². The van der Waals surface area contributed by atoms with Crippen molar-refractivity contribution in [2.45, 2.75) is 25.9 Å². The molecule has 3 heterocycles. The van der Waals surface area contributed by atoms with E-state index in [9.17, 15) is 4.79 Å². The van der Waals surface area contributed by atoms with Crippen LogP contribution in [0.3, 0.4) is 0 Å². The molecule has 1 saturated heterocycles. The highest BCUT2D eigenvalue weighted by Gasteiger charge is 2.24. The topological polar surface area (TPSA) is 59.2 Å². The van der Waals surface area contributed by atoms with Crippen molar-refractivity contribution in [3.8, 4) is 0 Å². The summed E-state index contributed by atoms with van der Waals surface area (Å²) < 4.78 is 3.77. The van der Waals surface area contributed by atoms with Gasteiger partial charge in [-0.2, -0.15) is 5.10 Å². The third-order valence-corrected chi connectivity index (χ3v) is 4.47. The van der Waals surface area contributed by atoms with Crippen LogP contribution in [0.2, 0.25) is 0 Å². The lowest BCUT2D eigenvalue weighted by Crippen LogP contribution is -2.39. The summed E-state index contributed by atoms with van der Waals surface area (Å²) in [5.41, 5.74) is 0. The highest BCUT2D eigenvalue weighted by Crippen LogP contribution is 2.13. The van der Waals surface area contributed by atoms with Crippen LogP contribution in [-0.4, -0.2) is 61.2 Å². The zero-order valence-corrected chi connectivity index (χ0v) is 13.8. The second kappa shape index (κ2) is 6.95. The fourth-order valence-electron chi connectivity index (χ4n) is 2.99. The predicted molar refractivity (Wildman–Crippen MR) is 86.6 cm³/mol. The molecule has 0 bridgehead atoms. The lowest BCUT2D eigenvalue weighted by Gasteiger charge is -2.24. The number of hydrogen-bond acceptors (Lipinski definition) is 4. The molecule has 2 aromatic heterocycles. The molecule has 7 heteroatoms. The second-order valence-electron chi connectivity index (χ2n) is 6.07. The van der Waals surface area contributed by atoms with Gasteiger partial charge in [0.15, 0.2) is 0 Å². The minimum Gasteiger partial charge on any atom is -0.340 e. The van der Waals surface area contributed by atoms with Crippen molar-refractivity contribution in [3.63, 3.8) is 0 Å².